The minimum absolute atomic E-state index is 0.360. The summed E-state index contributed by atoms with van der Waals surface area (Å²) < 4.78 is 0. The number of aromatic nitrogens is 2. The van der Waals surface area contributed by atoms with Gasteiger partial charge in [-0.15, -0.1) is 0 Å². The van der Waals surface area contributed by atoms with E-state index in [0.29, 0.717) is 17.2 Å². The molecule has 0 radical (unpaired) electrons. The molecule has 0 unspecified atom stereocenters. The van der Waals surface area contributed by atoms with Crippen LogP contribution in [-0.4, -0.2) is 10.2 Å². The molecule has 0 fully saturated rings. The van der Waals surface area contributed by atoms with E-state index in [1.165, 1.54) is 6.20 Å². The van der Waals surface area contributed by atoms with Gasteiger partial charge in [-0.25, -0.2) is 0 Å². The van der Waals surface area contributed by atoms with Crippen LogP contribution in [-0.2, 0) is 0 Å². The normalized spacial score (nSPS) is 10.8. The molecule has 1 aromatic heterocycles. The lowest BCUT2D eigenvalue weighted by atomic mass is 10.3. The Kier molecular flexibility index (Phi) is 1.49. The monoisotopic (exact) mass is 139 g/mol. The number of aromatic amines is 1. The molecule has 1 rings (SSSR count). The number of rotatable bonds is 1. The molecule has 1 heterocycles. The number of nitrogens with zero attached hydrogens (tertiary/aromatic N) is 1. The van der Waals surface area contributed by atoms with E-state index in [9.17, 15) is 0 Å². The van der Waals surface area contributed by atoms with Crippen molar-refractivity contribution >= 4 is 17.7 Å². The Morgan fingerprint density at radius 2 is 2.10 bits per heavy atom. The summed E-state index contributed by atoms with van der Waals surface area (Å²) in [5.41, 5.74) is 16.6. The number of H-pyrrole nitrogens is 1. The van der Waals surface area contributed by atoms with Crippen LogP contribution in [0.5, 0.6) is 0 Å². The molecule has 0 aliphatic carbocycles. The molecule has 0 bridgehead atoms. The van der Waals surface area contributed by atoms with Crippen molar-refractivity contribution in [3.63, 3.8) is 0 Å². The molecular formula is C5H9N5. The highest BCUT2D eigenvalue weighted by molar-refractivity contribution is 5.70. The van der Waals surface area contributed by atoms with Gasteiger partial charge < -0.3 is 17.2 Å². The summed E-state index contributed by atoms with van der Waals surface area (Å²) in [5, 5.41) is 6.17. The summed E-state index contributed by atoms with van der Waals surface area (Å²) in [7, 11) is 0. The van der Waals surface area contributed by atoms with Crippen LogP contribution in [0.3, 0.4) is 0 Å². The molecule has 0 aliphatic rings. The standard InChI is InChI=1S/C5H9N5/c6-2-1-3-4(7)9-10-5(3)8/h1-2H,6H2,(H5,7,8,9,10)/b2-1-. The Labute approximate surface area is 57.9 Å². The predicted molar refractivity (Wildman–Crippen MR) is 40.6 cm³/mol. The number of nitrogen functional groups attached to an aromatic ring is 2. The average Bonchev–Trinajstić information content (AvgIpc) is 2.20. The molecule has 5 nitrogen and oxygen atoms in total. The number of anilines is 2. The molecule has 0 aromatic carbocycles. The first-order valence-corrected chi connectivity index (χ1v) is 2.73. The Balaban J connectivity index is 3.10. The highest BCUT2D eigenvalue weighted by Gasteiger charge is 2.01. The largest absolute Gasteiger partial charge is 0.405 e. The molecule has 54 valence electrons. The van der Waals surface area contributed by atoms with Crippen molar-refractivity contribution < 1.29 is 0 Å². The maximum Gasteiger partial charge on any atom is 0.154 e. The molecule has 5 heteroatoms. The zero-order valence-electron chi connectivity index (χ0n) is 5.33. The van der Waals surface area contributed by atoms with Crippen molar-refractivity contribution in [2.24, 2.45) is 5.73 Å². The third kappa shape index (κ3) is 0.883. The Morgan fingerprint density at radius 1 is 1.40 bits per heavy atom. The van der Waals surface area contributed by atoms with Gasteiger partial charge in [0.2, 0.25) is 0 Å². The molecule has 7 N–H and O–H groups in total. The summed E-state index contributed by atoms with van der Waals surface area (Å²) in [4.78, 5) is 0. The number of nitrogens with two attached hydrogens (primary N) is 3. The Morgan fingerprint density at radius 3 is 2.50 bits per heavy atom. The van der Waals surface area contributed by atoms with Gasteiger partial charge in [-0.2, -0.15) is 5.10 Å². The van der Waals surface area contributed by atoms with Crippen LogP contribution < -0.4 is 17.2 Å². The predicted octanol–water partition coefficient (Wildman–Crippen LogP) is -0.497. The molecule has 10 heavy (non-hydrogen) atoms. The van der Waals surface area contributed by atoms with Crippen LogP contribution in [0.4, 0.5) is 11.6 Å². The minimum atomic E-state index is 0.360. The zero-order valence-corrected chi connectivity index (χ0v) is 5.33. The zero-order chi connectivity index (χ0) is 7.56. The number of nitrogens with one attached hydrogen (secondary N) is 1. The van der Waals surface area contributed by atoms with Crippen molar-refractivity contribution in [1.29, 1.82) is 0 Å². The van der Waals surface area contributed by atoms with E-state index < -0.39 is 0 Å². The van der Waals surface area contributed by atoms with Gasteiger partial charge in [0.1, 0.15) is 5.82 Å². The van der Waals surface area contributed by atoms with Gasteiger partial charge in [0.05, 0.1) is 5.56 Å². The van der Waals surface area contributed by atoms with Crippen LogP contribution in [0.2, 0.25) is 0 Å². The first-order valence-electron chi connectivity index (χ1n) is 2.73. The van der Waals surface area contributed by atoms with E-state index in [1.54, 1.807) is 6.08 Å². The lowest BCUT2D eigenvalue weighted by Gasteiger charge is -1.88. The van der Waals surface area contributed by atoms with Crippen LogP contribution in [0.25, 0.3) is 6.08 Å². The highest BCUT2D eigenvalue weighted by Crippen LogP contribution is 2.15. The maximum absolute atomic E-state index is 5.42. The van der Waals surface area contributed by atoms with Crippen LogP contribution in [0.1, 0.15) is 5.56 Å². The molecule has 1 aromatic rings. The summed E-state index contributed by atoms with van der Waals surface area (Å²) >= 11 is 0. The fourth-order valence-electron chi connectivity index (χ4n) is 0.650. The molecule has 0 aliphatic heterocycles. The Bertz CT molecular complexity index is 229. The quantitative estimate of drug-likeness (QED) is 0.421. The average molecular weight is 139 g/mol. The summed E-state index contributed by atoms with van der Waals surface area (Å²) in [5.74, 6) is 0.790. The van der Waals surface area contributed by atoms with Crippen LogP contribution in [0, 0.1) is 0 Å². The van der Waals surface area contributed by atoms with Crippen molar-refractivity contribution in [2.45, 2.75) is 0 Å². The summed E-state index contributed by atoms with van der Waals surface area (Å²) in [6.45, 7) is 0. The Hall–Kier alpha value is -1.65. The van der Waals surface area contributed by atoms with Gasteiger partial charge in [-0.3, -0.25) is 5.10 Å². The van der Waals surface area contributed by atoms with E-state index >= 15 is 0 Å². The van der Waals surface area contributed by atoms with Gasteiger partial charge in [0.15, 0.2) is 5.82 Å². The number of hydrogen-bond donors (Lipinski definition) is 4. The van der Waals surface area contributed by atoms with Gasteiger partial charge in [0, 0.05) is 0 Å². The van der Waals surface area contributed by atoms with Crippen molar-refractivity contribution in [1.82, 2.24) is 10.2 Å². The van der Waals surface area contributed by atoms with Crippen molar-refractivity contribution in [3.8, 4) is 0 Å². The van der Waals surface area contributed by atoms with E-state index in [0.717, 1.165) is 0 Å². The maximum atomic E-state index is 5.42. The molecular weight excluding hydrogens is 130 g/mol. The fraction of sp³-hybridized carbons (Fsp3) is 0. The first kappa shape index (κ1) is 6.47. The summed E-state index contributed by atoms with van der Waals surface area (Å²) in [6.07, 6.45) is 2.95. The van der Waals surface area contributed by atoms with Crippen molar-refractivity contribution in [3.05, 3.63) is 11.8 Å². The molecule has 0 amide bonds. The SMILES string of the molecule is N/C=C\c1c(N)n[nH]c1N. The van der Waals surface area contributed by atoms with Gasteiger partial charge >= 0.3 is 0 Å². The van der Waals surface area contributed by atoms with Gasteiger partial charge in [0.25, 0.3) is 0 Å². The molecule has 0 saturated heterocycles. The third-order valence-corrected chi connectivity index (χ3v) is 1.13. The lowest BCUT2D eigenvalue weighted by molar-refractivity contribution is 1.11. The van der Waals surface area contributed by atoms with E-state index in [2.05, 4.69) is 10.2 Å². The second-order valence-corrected chi connectivity index (χ2v) is 1.80. The van der Waals surface area contributed by atoms with Gasteiger partial charge in [-0.1, -0.05) is 0 Å². The first-order chi connectivity index (χ1) is 4.75. The molecule has 0 atom stereocenters. The molecule has 0 saturated carbocycles. The van der Waals surface area contributed by atoms with Crippen LogP contribution in [0.15, 0.2) is 6.20 Å². The third-order valence-electron chi connectivity index (χ3n) is 1.13. The fourth-order valence-corrected chi connectivity index (χ4v) is 0.650. The number of hydrogen-bond acceptors (Lipinski definition) is 4. The van der Waals surface area contributed by atoms with E-state index in [4.69, 9.17) is 17.2 Å². The van der Waals surface area contributed by atoms with Crippen molar-refractivity contribution in [2.75, 3.05) is 11.5 Å². The van der Waals surface area contributed by atoms with E-state index in [-0.39, 0.29) is 0 Å². The highest BCUT2D eigenvalue weighted by atomic mass is 15.2. The molecule has 0 spiro atoms. The van der Waals surface area contributed by atoms with Gasteiger partial charge in [-0.05, 0) is 12.3 Å². The summed E-state index contributed by atoms with van der Waals surface area (Å²) in [6, 6.07) is 0. The topological polar surface area (TPSA) is 107 Å². The smallest absolute Gasteiger partial charge is 0.154 e. The van der Waals surface area contributed by atoms with E-state index in [1.807, 2.05) is 0 Å². The van der Waals surface area contributed by atoms with Crippen LogP contribution >= 0.6 is 0 Å². The lowest BCUT2D eigenvalue weighted by Crippen LogP contribution is -1.90. The minimum Gasteiger partial charge on any atom is -0.405 e. The second kappa shape index (κ2) is 2.30. The second-order valence-electron chi connectivity index (χ2n) is 1.80.